The number of thiophene rings is 1. The molecule has 1 heterocycles. The Hall–Kier alpha value is -7.52. The predicted molar refractivity (Wildman–Crippen MR) is 276 cm³/mol. The number of hydrogen-bond acceptors (Lipinski definition) is 2. The summed E-state index contributed by atoms with van der Waals surface area (Å²) >= 11 is 1.92. The summed E-state index contributed by atoms with van der Waals surface area (Å²) in [7, 11) is 0. The highest BCUT2D eigenvalue weighted by Gasteiger charge is 2.47. The van der Waals surface area contributed by atoms with Crippen LogP contribution < -0.4 is 4.90 Å². The minimum Gasteiger partial charge on any atom is -0.310 e. The molecule has 0 aliphatic heterocycles. The first-order valence-corrected chi connectivity index (χ1v) is 23.3. The highest BCUT2D eigenvalue weighted by molar-refractivity contribution is 7.26. The van der Waals surface area contributed by atoms with Gasteiger partial charge in [-0.05, 0) is 127 Å². The summed E-state index contributed by atoms with van der Waals surface area (Å²) in [5, 5.41) is 7.77. The quantitative estimate of drug-likeness (QED) is 0.138. The average molecular weight is 836 g/mol. The fourth-order valence-electron chi connectivity index (χ4n) is 10.9. The molecule has 1 aliphatic rings. The molecule has 11 aromatic rings. The Morgan fingerprint density at radius 2 is 1.03 bits per heavy atom. The maximum absolute atomic E-state index is 2.49. The van der Waals surface area contributed by atoms with Gasteiger partial charge in [0, 0.05) is 42.8 Å². The molecule has 0 amide bonds. The molecule has 0 N–H and O–H groups in total. The molecular weight excluding hydrogens is 791 g/mol. The van der Waals surface area contributed by atoms with Crippen molar-refractivity contribution in [1.29, 1.82) is 0 Å². The van der Waals surface area contributed by atoms with E-state index < -0.39 is 5.41 Å². The third-order valence-corrected chi connectivity index (χ3v) is 14.8. The molecule has 0 atom stereocenters. The summed E-state index contributed by atoms with van der Waals surface area (Å²) in [6.45, 7) is 4.40. The Morgan fingerprint density at radius 3 is 1.73 bits per heavy atom. The van der Waals surface area contributed by atoms with E-state index in [4.69, 9.17) is 0 Å². The van der Waals surface area contributed by atoms with Gasteiger partial charge in [-0.1, -0.05) is 189 Å². The number of benzene rings is 10. The summed E-state index contributed by atoms with van der Waals surface area (Å²) < 4.78 is 2.65. The summed E-state index contributed by atoms with van der Waals surface area (Å²) in [6, 6.07) is 79.2. The van der Waals surface area contributed by atoms with Crippen molar-refractivity contribution in [2.45, 2.75) is 25.7 Å². The van der Waals surface area contributed by atoms with Gasteiger partial charge < -0.3 is 4.90 Å². The van der Waals surface area contributed by atoms with Crippen LogP contribution in [0.1, 0.15) is 47.2 Å². The molecule has 0 bridgehead atoms. The lowest BCUT2D eigenvalue weighted by Gasteiger charge is -2.34. The SMILES string of the molecule is C/C=C\c1c(CC)c2ccccc2c2cc(N(c3ccc(-c4ccccc4)cc3)c3ccc4c(c3)-c3c(ccc5c3sc3ccccc35)C4(c3ccccc3)c3ccccc3)ccc12. The minimum atomic E-state index is -0.514. The van der Waals surface area contributed by atoms with Gasteiger partial charge in [-0.25, -0.2) is 0 Å². The third-order valence-electron chi connectivity index (χ3n) is 13.6. The third kappa shape index (κ3) is 5.76. The van der Waals surface area contributed by atoms with E-state index in [1.165, 1.54) is 97.4 Å². The zero-order chi connectivity index (χ0) is 42.8. The molecule has 304 valence electrons. The molecule has 0 saturated heterocycles. The second-order valence-corrected chi connectivity index (χ2v) is 18.0. The fourth-order valence-corrected chi connectivity index (χ4v) is 12.2. The first kappa shape index (κ1) is 38.2. The number of hydrogen-bond donors (Lipinski definition) is 0. The van der Waals surface area contributed by atoms with Crippen molar-refractivity contribution in [3.8, 4) is 22.3 Å². The molecule has 12 rings (SSSR count). The number of nitrogens with zero attached hydrogens (tertiary/aromatic N) is 1. The van der Waals surface area contributed by atoms with Crippen LogP contribution in [-0.2, 0) is 11.8 Å². The van der Waals surface area contributed by atoms with Crippen LogP contribution >= 0.6 is 11.3 Å². The largest absolute Gasteiger partial charge is 0.310 e. The number of fused-ring (bicyclic) bond motifs is 10. The average Bonchev–Trinajstić information content (AvgIpc) is 3.89. The number of aryl methyl sites for hydroxylation is 1. The normalized spacial score (nSPS) is 13.0. The number of rotatable bonds is 8. The van der Waals surface area contributed by atoms with Crippen LogP contribution in [0.15, 0.2) is 218 Å². The van der Waals surface area contributed by atoms with E-state index in [0.717, 1.165) is 23.5 Å². The van der Waals surface area contributed by atoms with E-state index in [9.17, 15) is 0 Å². The van der Waals surface area contributed by atoms with Crippen molar-refractivity contribution >= 4 is 76.2 Å². The van der Waals surface area contributed by atoms with Crippen molar-refractivity contribution in [3.63, 3.8) is 0 Å². The molecule has 1 nitrogen and oxygen atoms in total. The molecule has 1 aromatic heterocycles. The van der Waals surface area contributed by atoms with Crippen molar-refractivity contribution < 1.29 is 0 Å². The van der Waals surface area contributed by atoms with Gasteiger partial charge in [0.15, 0.2) is 0 Å². The number of allylic oxidation sites excluding steroid dienone is 1. The molecular formula is C62H45NS. The van der Waals surface area contributed by atoms with Crippen LogP contribution in [0.3, 0.4) is 0 Å². The van der Waals surface area contributed by atoms with Crippen LogP contribution in [0, 0.1) is 0 Å². The summed E-state index contributed by atoms with van der Waals surface area (Å²) in [5.41, 5.74) is 15.7. The predicted octanol–water partition coefficient (Wildman–Crippen LogP) is 17.5. The highest BCUT2D eigenvalue weighted by atomic mass is 32.1. The molecule has 64 heavy (non-hydrogen) atoms. The molecule has 0 unspecified atom stereocenters. The standard InChI is InChI=1S/C62H45NS/c1-3-18-49-48(4-2)50-25-14-15-26-51(50)55-39-46(33-35-52(49)55)63(45-31-29-42(30-32-45)41-19-8-5-9-20-41)47-34-37-57-56(40-47)60-58(38-36-54-53-27-16-17-28-59(53)64-61(54)60)62(57,43-21-10-6-11-22-43)44-23-12-7-13-24-44/h3,5-40H,4H2,1-2H3/b18-3-. The van der Waals surface area contributed by atoms with Crippen LogP contribution in [0.25, 0.3) is 70.0 Å². The molecule has 0 radical (unpaired) electrons. The van der Waals surface area contributed by atoms with Crippen molar-refractivity contribution in [2.75, 3.05) is 4.90 Å². The molecule has 10 aromatic carbocycles. The van der Waals surface area contributed by atoms with Crippen LogP contribution in [-0.4, -0.2) is 0 Å². The van der Waals surface area contributed by atoms with Gasteiger partial charge in [-0.15, -0.1) is 11.3 Å². The summed E-state index contributed by atoms with van der Waals surface area (Å²) in [4.78, 5) is 2.47. The van der Waals surface area contributed by atoms with Crippen molar-refractivity contribution in [3.05, 3.63) is 252 Å². The second-order valence-electron chi connectivity index (χ2n) is 16.9. The van der Waals surface area contributed by atoms with E-state index in [1.54, 1.807) is 0 Å². The Bertz CT molecular complexity index is 3540. The van der Waals surface area contributed by atoms with E-state index in [2.05, 4.69) is 243 Å². The van der Waals surface area contributed by atoms with Gasteiger partial charge in [0.25, 0.3) is 0 Å². The summed E-state index contributed by atoms with van der Waals surface area (Å²) in [6.07, 6.45) is 5.44. The zero-order valence-corrected chi connectivity index (χ0v) is 36.7. The highest BCUT2D eigenvalue weighted by Crippen LogP contribution is 2.60. The molecule has 2 heteroatoms. The smallest absolute Gasteiger partial charge is 0.0714 e. The lowest BCUT2D eigenvalue weighted by atomic mass is 9.67. The lowest BCUT2D eigenvalue weighted by molar-refractivity contribution is 0.769. The first-order chi connectivity index (χ1) is 31.7. The summed E-state index contributed by atoms with van der Waals surface area (Å²) in [5.74, 6) is 0. The molecule has 0 saturated carbocycles. The molecule has 0 fully saturated rings. The second kappa shape index (κ2) is 15.4. The molecule has 0 spiro atoms. The van der Waals surface area contributed by atoms with Crippen molar-refractivity contribution in [1.82, 2.24) is 0 Å². The minimum absolute atomic E-state index is 0.514. The van der Waals surface area contributed by atoms with Gasteiger partial charge >= 0.3 is 0 Å². The van der Waals surface area contributed by atoms with Crippen LogP contribution in [0.4, 0.5) is 17.1 Å². The van der Waals surface area contributed by atoms with E-state index in [0.29, 0.717) is 0 Å². The monoisotopic (exact) mass is 835 g/mol. The van der Waals surface area contributed by atoms with Gasteiger partial charge in [-0.2, -0.15) is 0 Å². The van der Waals surface area contributed by atoms with Crippen LogP contribution in [0.5, 0.6) is 0 Å². The van der Waals surface area contributed by atoms with Crippen LogP contribution in [0.2, 0.25) is 0 Å². The zero-order valence-electron chi connectivity index (χ0n) is 35.9. The lowest BCUT2D eigenvalue weighted by Crippen LogP contribution is -2.28. The maximum atomic E-state index is 2.49. The molecule has 1 aliphatic carbocycles. The number of anilines is 3. The Labute approximate surface area is 378 Å². The van der Waals surface area contributed by atoms with Gasteiger partial charge in [0.1, 0.15) is 0 Å². The Balaban J connectivity index is 1.15. The van der Waals surface area contributed by atoms with Gasteiger partial charge in [-0.3, -0.25) is 0 Å². The Morgan fingerprint density at radius 1 is 0.469 bits per heavy atom. The van der Waals surface area contributed by atoms with Gasteiger partial charge in [0.05, 0.1) is 5.41 Å². The van der Waals surface area contributed by atoms with E-state index in [1.807, 2.05) is 11.3 Å². The Kier molecular flexibility index (Phi) is 9.17. The van der Waals surface area contributed by atoms with Crippen molar-refractivity contribution in [2.24, 2.45) is 0 Å². The van der Waals surface area contributed by atoms with E-state index in [-0.39, 0.29) is 0 Å². The van der Waals surface area contributed by atoms with E-state index >= 15 is 0 Å². The van der Waals surface area contributed by atoms with Gasteiger partial charge in [0.2, 0.25) is 0 Å². The maximum Gasteiger partial charge on any atom is 0.0714 e. The fraction of sp³-hybridized carbons (Fsp3) is 0.0645. The topological polar surface area (TPSA) is 3.24 Å². The first-order valence-electron chi connectivity index (χ1n) is 22.4.